The van der Waals surface area contributed by atoms with Crippen LogP contribution in [0.1, 0.15) is 50.8 Å². The van der Waals surface area contributed by atoms with Crippen molar-refractivity contribution in [1.29, 1.82) is 0 Å². The molecular formula is C30H30FN5O3S. The molecule has 1 saturated heterocycles. The number of para-hydroxylation sites is 1. The van der Waals surface area contributed by atoms with Gasteiger partial charge < -0.3 is 32.6 Å². The highest BCUT2D eigenvalue weighted by atomic mass is 32.1. The molecule has 6 rings (SSSR count). The Morgan fingerprint density at radius 2 is 1.90 bits per heavy atom. The molecule has 1 aliphatic carbocycles. The molecule has 0 spiro atoms. The third-order valence-corrected chi connectivity index (χ3v) is 9.15. The summed E-state index contributed by atoms with van der Waals surface area (Å²) in [6.07, 6.45) is 1.82. The van der Waals surface area contributed by atoms with Gasteiger partial charge in [0.05, 0.1) is 15.6 Å². The highest BCUT2D eigenvalue weighted by Crippen LogP contribution is 2.50. The molecule has 2 heterocycles. The van der Waals surface area contributed by atoms with Crippen molar-refractivity contribution < 1.29 is 18.7 Å². The molecule has 3 aromatic carbocycles. The number of hydrogen-bond acceptors (Lipinski definition) is 8. The van der Waals surface area contributed by atoms with Gasteiger partial charge in [-0.25, -0.2) is 4.39 Å². The fraction of sp³-hybridized carbons (Fsp3) is 0.267. The maximum Gasteiger partial charge on any atom is 0.262 e. The SMILES string of the molecule is Cc1c(C2(N)C(=O)C(N)c3c(C(=O)NC4CCCNC4)sc4c(N)ccc2c34)ccc(Oc2ccccc2)c1F. The van der Waals surface area contributed by atoms with Crippen LogP contribution < -0.4 is 32.6 Å². The van der Waals surface area contributed by atoms with Crippen molar-refractivity contribution in [2.24, 2.45) is 11.5 Å². The second kappa shape index (κ2) is 9.97. The number of hydrogen-bond donors (Lipinski definition) is 5. The lowest BCUT2D eigenvalue weighted by molar-refractivity contribution is -0.124. The average Bonchev–Trinajstić information content (AvgIpc) is 3.37. The van der Waals surface area contributed by atoms with Gasteiger partial charge in [-0.2, -0.15) is 0 Å². The van der Waals surface area contributed by atoms with Crippen molar-refractivity contribution >= 4 is 38.8 Å². The van der Waals surface area contributed by atoms with Crippen LogP contribution in [0.5, 0.6) is 11.5 Å². The number of rotatable bonds is 5. The standard InChI is InChI=1S/C30H30FN5O3S/c1-15-18(10-12-21(24(15)31)39-17-7-3-2-4-8-17)30(34)19-9-11-20(32)26-22(19)23(25(33)28(30)37)27(40-26)29(38)36-16-6-5-13-35-14-16/h2-4,7-12,16,25,35H,5-6,13-14,32-34H2,1H3,(H,36,38). The van der Waals surface area contributed by atoms with Gasteiger partial charge in [-0.15, -0.1) is 11.3 Å². The van der Waals surface area contributed by atoms with E-state index in [1.807, 2.05) is 6.07 Å². The molecule has 206 valence electrons. The van der Waals surface area contributed by atoms with Gasteiger partial charge in [0.15, 0.2) is 17.3 Å². The molecule has 10 heteroatoms. The molecule has 0 radical (unpaired) electrons. The Balaban J connectivity index is 1.47. The number of nitrogens with two attached hydrogens (primary N) is 3. The maximum absolute atomic E-state index is 15.7. The van der Waals surface area contributed by atoms with E-state index in [1.54, 1.807) is 49.4 Å². The molecule has 0 saturated carbocycles. The monoisotopic (exact) mass is 559 g/mol. The Bertz CT molecular complexity index is 1650. The Labute approximate surface area is 234 Å². The fourth-order valence-electron chi connectivity index (χ4n) is 5.84. The normalized spacial score (nSPS) is 22.4. The largest absolute Gasteiger partial charge is 0.454 e. The van der Waals surface area contributed by atoms with E-state index in [4.69, 9.17) is 21.9 Å². The number of carbonyl (C=O) groups excluding carboxylic acids is 2. The summed E-state index contributed by atoms with van der Waals surface area (Å²) in [5, 5.41) is 6.93. The molecule has 3 unspecified atom stereocenters. The fourth-order valence-corrected chi connectivity index (χ4v) is 7.04. The van der Waals surface area contributed by atoms with Crippen LogP contribution in [0.3, 0.4) is 0 Å². The third kappa shape index (κ3) is 4.06. The van der Waals surface area contributed by atoms with Gasteiger partial charge in [0.2, 0.25) is 0 Å². The molecule has 8 nitrogen and oxygen atoms in total. The van der Waals surface area contributed by atoms with E-state index < -0.39 is 23.2 Å². The molecule has 2 aliphatic rings. The molecule has 1 amide bonds. The van der Waals surface area contributed by atoms with Crippen molar-refractivity contribution in [3.63, 3.8) is 0 Å². The summed E-state index contributed by atoms with van der Waals surface area (Å²) in [6.45, 7) is 3.15. The molecule has 1 aliphatic heterocycles. The molecule has 3 atom stereocenters. The van der Waals surface area contributed by atoms with Gasteiger partial charge in [0.25, 0.3) is 5.91 Å². The minimum absolute atomic E-state index is 0.0124. The van der Waals surface area contributed by atoms with Gasteiger partial charge >= 0.3 is 0 Å². The van der Waals surface area contributed by atoms with Crippen LogP contribution in [0.25, 0.3) is 10.1 Å². The highest BCUT2D eigenvalue weighted by Gasteiger charge is 2.49. The van der Waals surface area contributed by atoms with Crippen LogP contribution in [-0.4, -0.2) is 30.8 Å². The molecule has 1 fully saturated rings. The summed E-state index contributed by atoms with van der Waals surface area (Å²) >= 11 is 1.20. The molecule has 40 heavy (non-hydrogen) atoms. The first-order valence-corrected chi connectivity index (χ1v) is 14.0. The number of ketones is 1. The van der Waals surface area contributed by atoms with E-state index in [1.165, 1.54) is 17.4 Å². The number of ether oxygens (including phenoxy) is 1. The van der Waals surface area contributed by atoms with Crippen LogP contribution in [0.4, 0.5) is 10.1 Å². The lowest BCUT2D eigenvalue weighted by atomic mass is 9.69. The second-order valence-corrected chi connectivity index (χ2v) is 11.4. The Hall–Kier alpha value is -3.83. The third-order valence-electron chi connectivity index (χ3n) is 7.90. The smallest absolute Gasteiger partial charge is 0.262 e. The van der Waals surface area contributed by atoms with E-state index in [-0.39, 0.29) is 28.8 Å². The van der Waals surface area contributed by atoms with Crippen LogP contribution in [0, 0.1) is 12.7 Å². The van der Waals surface area contributed by atoms with Gasteiger partial charge in [-0.1, -0.05) is 30.3 Å². The van der Waals surface area contributed by atoms with Crippen molar-refractivity contribution in [1.82, 2.24) is 10.6 Å². The lowest BCUT2D eigenvalue weighted by Crippen LogP contribution is -2.53. The minimum atomic E-state index is -1.77. The molecular weight excluding hydrogens is 529 g/mol. The van der Waals surface area contributed by atoms with Gasteiger partial charge in [0.1, 0.15) is 11.3 Å². The Morgan fingerprint density at radius 3 is 2.62 bits per heavy atom. The molecule has 1 aromatic heterocycles. The summed E-state index contributed by atoms with van der Waals surface area (Å²) < 4.78 is 22.1. The van der Waals surface area contributed by atoms with Crippen LogP contribution >= 0.6 is 11.3 Å². The van der Waals surface area contributed by atoms with Gasteiger partial charge in [-0.05, 0) is 67.3 Å². The van der Waals surface area contributed by atoms with Crippen molar-refractivity contribution in [2.75, 3.05) is 18.8 Å². The van der Waals surface area contributed by atoms with E-state index in [0.29, 0.717) is 44.1 Å². The summed E-state index contributed by atoms with van der Waals surface area (Å²) in [4.78, 5) is 27.9. The number of amides is 1. The van der Waals surface area contributed by atoms with E-state index in [2.05, 4.69) is 10.6 Å². The zero-order valence-corrected chi connectivity index (χ0v) is 22.7. The highest BCUT2D eigenvalue weighted by molar-refractivity contribution is 7.21. The topological polar surface area (TPSA) is 145 Å². The lowest BCUT2D eigenvalue weighted by Gasteiger charge is -2.37. The summed E-state index contributed by atoms with van der Waals surface area (Å²) in [6, 6.07) is 14.0. The van der Waals surface area contributed by atoms with Crippen molar-refractivity contribution in [3.05, 3.63) is 87.5 Å². The number of benzene rings is 3. The Kier molecular flexibility index (Phi) is 6.58. The number of halogens is 1. The van der Waals surface area contributed by atoms with Crippen LogP contribution in [-0.2, 0) is 10.3 Å². The number of anilines is 1. The first kappa shape index (κ1) is 26.4. The quantitative estimate of drug-likeness (QED) is 0.233. The molecule has 0 bridgehead atoms. The zero-order valence-electron chi connectivity index (χ0n) is 21.9. The van der Waals surface area contributed by atoms with Crippen molar-refractivity contribution in [3.8, 4) is 11.5 Å². The average molecular weight is 560 g/mol. The maximum atomic E-state index is 15.7. The minimum Gasteiger partial charge on any atom is -0.454 e. The predicted octanol–water partition coefficient (Wildman–Crippen LogP) is 3.99. The molecule has 8 N–H and O–H groups in total. The van der Waals surface area contributed by atoms with E-state index in [9.17, 15) is 9.59 Å². The predicted molar refractivity (Wildman–Crippen MR) is 154 cm³/mol. The van der Waals surface area contributed by atoms with Crippen molar-refractivity contribution in [2.45, 2.75) is 37.4 Å². The first-order valence-electron chi connectivity index (χ1n) is 13.2. The second-order valence-electron chi connectivity index (χ2n) is 10.4. The van der Waals surface area contributed by atoms with E-state index in [0.717, 1.165) is 19.4 Å². The van der Waals surface area contributed by atoms with E-state index >= 15 is 4.39 Å². The first-order chi connectivity index (χ1) is 19.2. The Morgan fingerprint density at radius 1 is 1.15 bits per heavy atom. The summed E-state index contributed by atoms with van der Waals surface area (Å²) in [5.74, 6) is -0.968. The summed E-state index contributed by atoms with van der Waals surface area (Å²) in [5.41, 5.74) is 19.9. The number of carbonyl (C=O) groups is 2. The van der Waals surface area contributed by atoms with Crippen LogP contribution in [0.2, 0.25) is 0 Å². The number of nitrogen functional groups attached to an aromatic ring is 1. The zero-order chi connectivity index (χ0) is 28.2. The molecule has 4 aromatic rings. The number of thiophene rings is 1. The van der Waals surface area contributed by atoms with Crippen LogP contribution in [0.15, 0.2) is 54.6 Å². The number of nitrogens with one attached hydrogen (secondary N) is 2. The number of piperidine rings is 1. The summed E-state index contributed by atoms with van der Waals surface area (Å²) in [7, 11) is 0. The van der Waals surface area contributed by atoms with Gasteiger partial charge in [-0.3, -0.25) is 9.59 Å². The number of Topliss-reactive ketones (excluding diaryl/α,β-unsaturated/α-hetero) is 1. The van der Waals surface area contributed by atoms with Gasteiger partial charge in [0, 0.05) is 29.2 Å².